The van der Waals surface area contributed by atoms with Gasteiger partial charge in [0.05, 0.1) is 62.9 Å². The molecule has 4 aliphatic heterocycles. The summed E-state index contributed by atoms with van der Waals surface area (Å²) in [6.45, 7) is 16.3. The van der Waals surface area contributed by atoms with Gasteiger partial charge >= 0.3 is 0 Å². The lowest BCUT2D eigenvalue weighted by Gasteiger charge is -2.25. The van der Waals surface area contributed by atoms with E-state index in [0.717, 1.165) is 121 Å². The number of hydrogen-bond acceptors (Lipinski definition) is 10. The van der Waals surface area contributed by atoms with Gasteiger partial charge in [-0.05, 0) is 87.1 Å². The van der Waals surface area contributed by atoms with Crippen molar-refractivity contribution in [3.05, 3.63) is 143 Å². The van der Waals surface area contributed by atoms with Crippen molar-refractivity contribution >= 4 is 0 Å². The smallest absolute Gasteiger partial charge is 0.238 e. The molecule has 8 aromatic rings. The molecule has 14 nitrogen and oxygen atoms in total. The van der Waals surface area contributed by atoms with E-state index in [-0.39, 0.29) is 22.7 Å². The number of fused-ring (bicyclic) bond motifs is 4. The van der Waals surface area contributed by atoms with Gasteiger partial charge < -0.3 is 37.2 Å². The molecule has 2 aromatic carbocycles. The quantitative estimate of drug-likeness (QED) is 0.145. The van der Waals surface area contributed by atoms with Gasteiger partial charge in [-0.2, -0.15) is 0 Å². The molecule has 0 amide bonds. The minimum Gasteiger partial charge on any atom is -0.492 e. The first-order chi connectivity index (χ1) is 32.8. The standard InChI is InChI=1S/2C27H29N5O2/c2*1-17-13-32(16-28-17)23-9-8-21(30-26(23)33-4)22-14-31-11-5-6-19(25(31)29-22)18-7-10-24-20(12-18)27(2,3)15-34-24/h2*7-10,12-14,16,19H,5-6,11,15H2,1-4H3/t2*19-/m10/s1. The van der Waals surface area contributed by atoms with Crippen LogP contribution < -0.4 is 18.9 Å². The maximum atomic E-state index is 5.91. The zero-order valence-electron chi connectivity index (χ0n) is 40.2. The third kappa shape index (κ3) is 7.78. The Hall–Kier alpha value is -7.22. The molecule has 348 valence electrons. The Morgan fingerprint density at radius 1 is 0.544 bits per heavy atom. The fourth-order valence-corrected chi connectivity index (χ4v) is 10.3. The summed E-state index contributed by atoms with van der Waals surface area (Å²) < 4.78 is 31.5. The summed E-state index contributed by atoms with van der Waals surface area (Å²) in [5, 5.41) is 0. The fourth-order valence-electron chi connectivity index (χ4n) is 10.3. The topological polar surface area (TPSA) is 134 Å². The van der Waals surface area contributed by atoms with Crippen LogP contribution in [0.3, 0.4) is 0 Å². The zero-order chi connectivity index (χ0) is 46.9. The van der Waals surface area contributed by atoms with E-state index >= 15 is 0 Å². The number of aryl methyl sites for hydroxylation is 4. The Bertz CT molecular complexity index is 2980. The summed E-state index contributed by atoms with van der Waals surface area (Å²) in [4.78, 5) is 28.4. The molecule has 2 atom stereocenters. The Kier molecular flexibility index (Phi) is 10.7. The lowest BCUT2D eigenvalue weighted by atomic mass is 9.83. The van der Waals surface area contributed by atoms with Gasteiger partial charge in [-0.3, -0.25) is 0 Å². The van der Waals surface area contributed by atoms with Gasteiger partial charge in [0.15, 0.2) is 0 Å². The largest absolute Gasteiger partial charge is 0.492 e. The number of nitrogens with zero attached hydrogens (tertiary/aromatic N) is 10. The minimum absolute atomic E-state index is 0.0383. The highest BCUT2D eigenvalue weighted by Crippen LogP contribution is 2.44. The number of benzene rings is 2. The first-order valence-corrected chi connectivity index (χ1v) is 23.7. The van der Waals surface area contributed by atoms with E-state index in [2.05, 4.69) is 95.6 Å². The van der Waals surface area contributed by atoms with E-state index in [9.17, 15) is 0 Å². The molecule has 0 fully saturated rings. The molecule has 68 heavy (non-hydrogen) atoms. The highest BCUT2D eigenvalue weighted by molar-refractivity contribution is 5.60. The summed E-state index contributed by atoms with van der Waals surface area (Å²) >= 11 is 0. The molecule has 0 unspecified atom stereocenters. The van der Waals surface area contributed by atoms with E-state index in [1.165, 1.54) is 22.3 Å². The highest BCUT2D eigenvalue weighted by atomic mass is 16.5. The molecule has 0 radical (unpaired) electrons. The van der Waals surface area contributed by atoms with Gasteiger partial charge in [-0.15, -0.1) is 0 Å². The predicted molar refractivity (Wildman–Crippen MR) is 260 cm³/mol. The van der Waals surface area contributed by atoms with Crippen LogP contribution in [0, 0.1) is 13.8 Å². The molecule has 0 bridgehead atoms. The first-order valence-electron chi connectivity index (χ1n) is 23.7. The molecule has 6 aromatic heterocycles. The lowest BCUT2D eigenvalue weighted by Crippen LogP contribution is -2.19. The summed E-state index contributed by atoms with van der Waals surface area (Å²) in [5.41, 5.74) is 12.3. The summed E-state index contributed by atoms with van der Waals surface area (Å²) in [7, 11) is 3.29. The first kappa shape index (κ1) is 43.4. The predicted octanol–water partition coefficient (Wildman–Crippen LogP) is 10.1. The van der Waals surface area contributed by atoms with Crippen molar-refractivity contribution in [1.82, 2.24) is 48.2 Å². The minimum atomic E-state index is 0.0383. The van der Waals surface area contributed by atoms with Crippen molar-refractivity contribution in [3.8, 4) is 57.4 Å². The van der Waals surface area contributed by atoms with Crippen LogP contribution in [-0.4, -0.2) is 75.6 Å². The number of rotatable bonds is 8. The average Bonchev–Trinajstić information content (AvgIpc) is 4.23. The van der Waals surface area contributed by atoms with Gasteiger partial charge in [0.2, 0.25) is 11.8 Å². The molecule has 0 spiro atoms. The van der Waals surface area contributed by atoms with Crippen LogP contribution in [0.25, 0.3) is 34.2 Å². The van der Waals surface area contributed by atoms with Gasteiger partial charge in [0, 0.05) is 71.7 Å². The van der Waals surface area contributed by atoms with E-state index in [1.807, 2.05) is 59.6 Å². The van der Waals surface area contributed by atoms with Crippen LogP contribution in [0.2, 0.25) is 0 Å². The molecule has 0 saturated carbocycles. The van der Waals surface area contributed by atoms with E-state index in [4.69, 9.17) is 38.9 Å². The molecular weight excluding hydrogens is 853 g/mol. The SMILES string of the molecule is COc1nc(-c2cn3c(n2)[C@@H](c2ccc4c(c2)C(C)(C)CO4)CCC3)ccc1-n1cnc(C)c1.COc1nc(-c2cn3c(n2)[C@H](c2ccc4c(c2)C(C)(C)CO4)CCC3)ccc1-n1cnc(C)c1. The monoisotopic (exact) mass is 910 g/mol. The van der Waals surface area contributed by atoms with Gasteiger partial charge in [-0.1, -0.05) is 52.0 Å². The number of imidazole rings is 4. The van der Waals surface area contributed by atoms with Crippen LogP contribution in [0.1, 0.15) is 111 Å². The van der Waals surface area contributed by atoms with Crippen LogP contribution in [-0.2, 0) is 23.9 Å². The molecule has 0 aliphatic carbocycles. The van der Waals surface area contributed by atoms with E-state index < -0.39 is 0 Å². The molecule has 14 heteroatoms. The molecular formula is C54H58N10O4. The van der Waals surface area contributed by atoms with Crippen molar-refractivity contribution < 1.29 is 18.9 Å². The summed E-state index contributed by atoms with van der Waals surface area (Å²) in [6.07, 6.45) is 16.2. The Balaban J connectivity index is 0.000000149. The second-order valence-electron chi connectivity index (χ2n) is 19.9. The normalized spacial score (nSPS) is 18.3. The van der Waals surface area contributed by atoms with Crippen molar-refractivity contribution in [2.24, 2.45) is 0 Å². The van der Waals surface area contributed by atoms with Crippen molar-refractivity contribution in [1.29, 1.82) is 0 Å². The third-order valence-electron chi connectivity index (χ3n) is 14.0. The molecule has 0 saturated heterocycles. The lowest BCUT2D eigenvalue weighted by molar-refractivity contribution is 0.291. The second kappa shape index (κ2) is 16.8. The van der Waals surface area contributed by atoms with E-state index in [0.29, 0.717) is 11.8 Å². The van der Waals surface area contributed by atoms with Crippen molar-refractivity contribution in [3.63, 3.8) is 0 Å². The number of aromatic nitrogens is 10. The van der Waals surface area contributed by atoms with Crippen LogP contribution in [0.5, 0.6) is 23.3 Å². The number of methoxy groups -OCH3 is 2. The Morgan fingerprint density at radius 3 is 1.38 bits per heavy atom. The van der Waals surface area contributed by atoms with Gasteiger partial charge in [0.25, 0.3) is 0 Å². The number of ether oxygens (including phenoxy) is 4. The number of pyridine rings is 2. The highest BCUT2D eigenvalue weighted by Gasteiger charge is 2.36. The summed E-state index contributed by atoms with van der Waals surface area (Å²) in [5.74, 6) is 5.87. The third-order valence-corrected chi connectivity index (χ3v) is 14.0. The molecule has 12 rings (SSSR count). The van der Waals surface area contributed by atoms with Gasteiger partial charge in [-0.25, -0.2) is 29.9 Å². The van der Waals surface area contributed by atoms with Crippen molar-refractivity contribution in [2.75, 3.05) is 27.4 Å². The maximum Gasteiger partial charge on any atom is 0.238 e. The maximum absolute atomic E-state index is 5.91. The van der Waals surface area contributed by atoms with Crippen LogP contribution >= 0.6 is 0 Å². The van der Waals surface area contributed by atoms with Gasteiger partial charge in [0.1, 0.15) is 45.9 Å². The summed E-state index contributed by atoms with van der Waals surface area (Å²) in [6, 6.07) is 21.4. The second-order valence-corrected chi connectivity index (χ2v) is 19.9. The van der Waals surface area contributed by atoms with Crippen LogP contribution in [0.15, 0.2) is 98.1 Å². The van der Waals surface area contributed by atoms with Crippen molar-refractivity contribution in [2.45, 2.75) is 103 Å². The molecule has 0 N–H and O–H groups in total. The zero-order valence-corrected chi connectivity index (χ0v) is 40.2. The average molecular weight is 911 g/mol. The number of hydrogen-bond donors (Lipinski definition) is 0. The Morgan fingerprint density at radius 2 is 0.985 bits per heavy atom. The molecule has 10 heterocycles. The fraction of sp³-hybridized carbons (Fsp3) is 0.370. The Labute approximate surface area is 397 Å². The van der Waals surface area contributed by atoms with Crippen LogP contribution in [0.4, 0.5) is 0 Å². The van der Waals surface area contributed by atoms with E-state index in [1.54, 1.807) is 26.9 Å². The molecule has 4 aliphatic rings.